The maximum absolute atomic E-state index is 12.5. The SMILES string of the molecule is CN=C(NCc1ccc2c(c1)CCCN2C)NCc1ccccc1OC(F)F.I. The van der Waals surface area contributed by atoms with Crippen LogP contribution in [0.5, 0.6) is 5.75 Å². The maximum Gasteiger partial charge on any atom is 0.387 e. The Labute approximate surface area is 187 Å². The zero-order chi connectivity index (χ0) is 19.9. The zero-order valence-electron chi connectivity index (χ0n) is 16.6. The van der Waals surface area contributed by atoms with Gasteiger partial charge in [0.25, 0.3) is 0 Å². The van der Waals surface area contributed by atoms with Crippen LogP contribution in [0.2, 0.25) is 0 Å². The van der Waals surface area contributed by atoms with Gasteiger partial charge in [-0.2, -0.15) is 8.78 Å². The fourth-order valence-corrected chi connectivity index (χ4v) is 3.39. The summed E-state index contributed by atoms with van der Waals surface area (Å²) in [7, 11) is 3.80. The first kappa shape index (κ1) is 23.2. The first-order valence-corrected chi connectivity index (χ1v) is 9.37. The lowest BCUT2D eigenvalue weighted by atomic mass is 9.99. The van der Waals surface area contributed by atoms with E-state index in [4.69, 9.17) is 0 Å². The second-order valence-electron chi connectivity index (χ2n) is 6.75. The van der Waals surface area contributed by atoms with Crippen LogP contribution in [0.25, 0.3) is 0 Å². The van der Waals surface area contributed by atoms with Crippen molar-refractivity contribution in [1.29, 1.82) is 0 Å². The van der Waals surface area contributed by atoms with Gasteiger partial charge < -0.3 is 20.3 Å². The molecule has 29 heavy (non-hydrogen) atoms. The number of alkyl halides is 2. The number of benzene rings is 2. The van der Waals surface area contributed by atoms with E-state index >= 15 is 0 Å². The standard InChI is InChI=1S/C21H26F2N4O.HI/c1-24-21(26-14-17-6-3-4-8-19(17)28-20(22)23)25-13-15-9-10-18-16(12-15)7-5-11-27(18)2;/h3-4,6,8-10,12,20H,5,7,11,13-14H2,1-2H3,(H2,24,25,26);1H. The molecule has 0 spiro atoms. The first-order valence-electron chi connectivity index (χ1n) is 9.37. The van der Waals surface area contributed by atoms with E-state index in [2.05, 4.69) is 50.5 Å². The lowest BCUT2D eigenvalue weighted by Gasteiger charge is -2.28. The molecule has 1 aliphatic heterocycles. The molecule has 2 N–H and O–H groups in total. The predicted molar refractivity (Wildman–Crippen MR) is 124 cm³/mol. The molecule has 0 radical (unpaired) electrons. The summed E-state index contributed by atoms with van der Waals surface area (Å²) in [5, 5.41) is 6.42. The van der Waals surface area contributed by atoms with Crippen LogP contribution >= 0.6 is 24.0 Å². The Morgan fingerprint density at radius 2 is 1.93 bits per heavy atom. The second kappa shape index (κ2) is 11.2. The Kier molecular flexibility index (Phi) is 8.94. The molecule has 0 atom stereocenters. The Morgan fingerprint density at radius 3 is 2.69 bits per heavy atom. The van der Waals surface area contributed by atoms with Crippen LogP contribution in [-0.4, -0.2) is 33.2 Å². The van der Waals surface area contributed by atoms with Crippen molar-refractivity contribution >= 4 is 35.6 Å². The van der Waals surface area contributed by atoms with Gasteiger partial charge in [0.05, 0.1) is 0 Å². The van der Waals surface area contributed by atoms with Crippen LogP contribution in [0.3, 0.4) is 0 Å². The normalized spacial score (nSPS) is 13.6. The molecule has 0 bridgehead atoms. The van der Waals surface area contributed by atoms with Crippen LogP contribution < -0.4 is 20.3 Å². The molecule has 158 valence electrons. The fourth-order valence-electron chi connectivity index (χ4n) is 3.39. The van der Waals surface area contributed by atoms with Gasteiger partial charge in [0.1, 0.15) is 5.75 Å². The summed E-state index contributed by atoms with van der Waals surface area (Å²) >= 11 is 0. The quantitative estimate of drug-likeness (QED) is 0.344. The molecule has 0 saturated heterocycles. The van der Waals surface area contributed by atoms with Crippen molar-refractivity contribution in [2.24, 2.45) is 4.99 Å². The largest absolute Gasteiger partial charge is 0.434 e. The Morgan fingerprint density at radius 1 is 1.17 bits per heavy atom. The first-order chi connectivity index (χ1) is 13.6. The molecule has 1 aliphatic rings. The van der Waals surface area contributed by atoms with Gasteiger partial charge in [-0.15, -0.1) is 24.0 Å². The molecular weight excluding hydrogens is 489 g/mol. The molecule has 3 rings (SSSR count). The number of fused-ring (bicyclic) bond motifs is 1. The van der Waals surface area contributed by atoms with Crippen molar-refractivity contribution in [2.75, 3.05) is 25.5 Å². The number of guanidine groups is 1. The zero-order valence-corrected chi connectivity index (χ0v) is 19.0. The van der Waals surface area contributed by atoms with Crippen LogP contribution in [0, 0.1) is 0 Å². The van der Waals surface area contributed by atoms with Gasteiger partial charge in [0.15, 0.2) is 5.96 Å². The van der Waals surface area contributed by atoms with Crippen molar-refractivity contribution in [3.05, 3.63) is 59.2 Å². The monoisotopic (exact) mass is 516 g/mol. The van der Waals surface area contributed by atoms with E-state index in [1.165, 1.54) is 29.3 Å². The van der Waals surface area contributed by atoms with Gasteiger partial charge >= 0.3 is 6.61 Å². The van der Waals surface area contributed by atoms with Gasteiger partial charge in [0, 0.05) is 45.0 Å². The third-order valence-corrected chi connectivity index (χ3v) is 4.81. The molecule has 0 unspecified atom stereocenters. The lowest BCUT2D eigenvalue weighted by molar-refractivity contribution is -0.0504. The fraction of sp³-hybridized carbons (Fsp3) is 0.381. The molecule has 1 heterocycles. The van der Waals surface area contributed by atoms with Crippen LogP contribution in [-0.2, 0) is 19.5 Å². The van der Waals surface area contributed by atoms with E-state index in [1.54, 1.807) is 25.2 Å². The van der Waals surface area contributed by atoms with Gasteiger partial charge in [-0.3, -0.25) is 4.99 Å². The van der Waals surface area contributed by atoms with E-state index in [1.807, 2.05) is 0 Å². The van der Waals surface area contributed by atoms with Gasteiger partial charge in [-0.25, -0.2) is 0 Å². The van der Waals surface area contributed by atoms with Crippen molar-refractivity contribution < 1.29 is 13.5 Å². The number of aliphatic imine (C=N–C) groups is 1. The van der Waals surface area contributed by atoms with E-state index < -0.39 is 6.61 Å². The smallest absolute Gasteiger partial charge is 0.387 e. The molecule has 5 nitrogen and oxygen atoms in total. The van der Waals surface area contributed by atoms with Gasteiger partial charge in [-0.1, -0.05) is 30.3 Å². The Bertz CT molecular complexity index is 832. The highest BCUT2D eigenvalue weighted by atomic mass is 127. The third kappa shape index (κ3) is 6.45. The average molecular weight is 516 g/mol. The number of halogens is 3. The molecule has 0 aromatic heterocycles. The van der Waals surface area contributed by atoms with E-state index in [9.17, 15) is 8.78 Å². The summed E-state index contributed by atoms with van der Waals surface area (Å²) in [6, 6.07) is 13.3. The minimum Gasteiger partial charge on any atom is -0.434 e. The minimum absolute atomic E-state index is 0. The lowest BCUT2D eigenvalue weighted by Crippen LogP contribution is -2.36. The molecule has 0 saturated carbocycles. The number of rotatable bonds is 6. The number of hydrogen-bond donors (Lipinski definition) is 2. The molecule has 2 aromatic carbocycles. The summed E-state index contributed by atoms with van der Waals surface area (Å²) in [6.45, 7) is -0.789. The topological polar surface area (TPSA) is 48.9 Å². The average Bonchev–Trinajstić information content (AvgIpc) is 2.69. The summed E-state index contributed by atoms with van der Waals surface area (Å²) in [6.07, 6.45) is 2.27. The third-order valence-electron chi connectivity index (χ3n) is 4.81. The predicted octanol–water partition coefficient (Wildman–Crippen LogP) is 4.15. The van der Waals surface area contributed by atoms with Crippen molar-refractivity contribution in [2.45, 2.75) is 32.5 Å². The number of nitrogens with one attached hydrogen (secondary N) is 2. The Hall–Kier alpha value is -2.10. The van der Waals surface area contributed by atoms with Gasteiger partial charge in [-0.05, 0) is 36.1 Å². The van der Waals surface area contributed by atoms with Crippen molar-refractivity contribution in [1.82, 2.24) is 10.6 Å². The van der Waals surface area contributed by atoms with Crippen LogP contribution in [0.4, 0.5) is 14.5 Å². The number of hydrogen-bond acceptors (Lipinski definition) is 3. The highest BCUT2D eigenvalue weighted by Crippen LogP contribution is 2.26. The van der Waals surface area contributed by atoms with Crippen LogP contribution in [0.1, 0.15) is 23.1 Å². The summed E-state index contributed by atoms with van der Waals surface area (Å²) in [5.41, 5.74) is 4.49. The summed E-state index contributed by atoms with van der Waals surface area (Å²) < 4.78 is 29.6. The number of ether oxygens (including phenoxy) is 1. The number of anilines is 1. The van der Waals surface area contributed by atoms with E-state index in [0.29, 0.717) is 24.6 Å². The molecule has 8 heteroatoms. The molecule has 0 fully saturated rings. The number of aryl methyl sites for hydroxylation is 1. The van der Waals surface area contributed by atoms with Crippen molar-refractivity contribution in [3.8, 4) is 5.75 Å². The summed E-state index contributed by atoms with van der Waals surface area (Å²) in [5.74, 6) is 0.765. The molecule has 2 aromatic rings. The Balaban J connectivity index is 0.00000300. The highest BCUT2D eigenvalue weighted by Gasteiger charge is 2.14. The molecule has 0 amide bonds. The summed E-state index contributed by atoms with van der Waals surface area (Å²) in [4.78, 5) is 6.49. The molecule has 0 aliphatic carbocycles. The number of nitrogens with zero attached hydrogens (tertiary/aromatic N) is 2. The van der Waals surface area contributed by atoms with E-state index in [0.717, 1.165) is 13.0 Å². The maximum atomic E-state index is 12.5. The van der Waals surface area contributed by atoms with Crippen molar-refractivity contribution in [3.63, 3.8) is 0 Å². The van der Waals surface area contributed by atoms with E-state index in [-0.39, 0.29) is 29.7 Å². The second-order valence-corrected chi connectivity index (χ2v) is 6.75. The van der Waals surface area contributed by atoms with Crippen LogP contribution in [0.15, 0.2) is 47.5 Å². The molecular formula is C21H27F2IN4O. The number of para-hydroxylation sites is 1. The highest BCUT2D eigenvalue weighted by molar-refractivity contribution is 14.0. The minimum atomic E-state index is -2.85. The van der Waals surface area contributed by atoms with Gasteiger partial charge in [0.2, 0.25) is 0 Å².